The van der Waals surface area contributed by atoms with E-state index in [-0.39, 0.29) is 17.5 Å². The highest BCUT2D eigenvalue weighted by Crippen LogP contribution is 2.31. The summed E-state index contributed by atoms with van der Waals surface area (Å²) in [5.41, 5.74) is 2.11. The van der Waals surface area contributed by atoms with Gasteiger partial charge in [0.05, 0.1) is 5.69 Å². The van der Waals surface area contributed by atoms with Gasteiger partial charge in [0.2, 0.25) is 11.9 Å². The van der Waals surface area contributed by atoms with Crippen LogP contribution in [0.1, 0.15) is 6.92 Å². The van der Waals surface area contributed by atoms with E-state index in [4.69, 9.17) is 0 Å². The Bertz CT molecular complexity index is 1460. The van der Waals surface area contributed by atoms with E-state index in [1.54, 1.807) is 24.4 Å². The van der Waals surface area contributed by atoms with Crippen LogP contribution in [-0.2, 0) is 14.8 Å². The number of sulfonamides is 1. The lowest BCUT2D eigenvalue weighted by atomic mass is 10.1. The minimum absolute atomic E-state index is 0.116. The summed E-state index contributed by atoms with van der Waals surface area (Å²) < 4.78 is 54.9. The Morgan fingerprint density at radius 2 is 1.91 bits per heavy atom. The highest BCUT2D eigenvalue weighted by Gasteiger charge is 2.21. The Morgan fingerprint density at radius 1 is 1.09 bits per heavy atom. The first-order chi connectivity index (χ1) is 15.7. The molecule has 0 radical (unpaired) electrons. The van der Waals surface area contributed by atoms with Gasteiger partial charge in [-0.3, -0.25) is 19.9 Å². The number of aromatic amines is 1. The van der Waals surface area contributed by atoms with E-state index in [0.29, 0.717) is 28.6 Å². The summed E-state index contributed by atoms with van der Waals surface area (Å²) in [4.78, 5) is 18.7. The Kier molecular flexibility index (Phi) is 5.84. The fraction of sp³-hybridized carbons (Fsp3) is 0.0476. The van der Waals surface area contributed by atoms with Crippen LogP contribution in [0.5, 0.6) is 0 Å². The third kappa shape index (κ3) is 4.85. The van der Waals surface area contributed by atoms with Crippen molar-refractivity contribution in [2.45, 2.75) is 11.8 Å². The smallest absolute Gasteiger partial charge is 0.264 e. The molecule has 33 heavy (non-hydrogen) atoms. The highest BCUT2D eigenvalue weighted by atomic mass is 32.2. The van der Waals surface area contributed by atoms with Crippen molar-refractivity contribution < 1.29 is 22.0 Å². The molecule has 3 N–H and O–H groups in total. The minimum Gasteiger partial charge on any atom is -0.295 e. The first kappa shape index (κ1) is 22.0. The molecule has 0 aliphatic carbocycles. The second-order valence-corrected chi connectivity index (χ2v) is 8.51. The van der Waals surface area contributed by atoms with Crippen molar-refractivity contribution in [3.63, 3.8) is 0 Å². The zero-order chi connectivity index (χ0) is 23.6. The summed E-state index contributed by atoms with van der Waals surface area (Å²) in [6.07, 6.45) is 3.07. The number of hydrogen-bond acceptors (Lipinski definition) is 6. The monoisotopic (exact) mass is 470 g/mol. The van der Waals surface area contributed by atoms with Gasteiger partial charge in [0.15, 0.2) is 0 Å². The molecule has 0 aliphatic rings. The molecule has 0 atom stereocenters. The lowest BCUT2D eigenvalue weighted by molar-refractivity contribution is -0.114. The molecular weight excluding hydrogens is 454 g/mol. The molecule has 0 saturated heterocycles. The van der Waals surface area contributed by atoms with E-state index in [1.807, 2.05) is 0 Å². The molecule has 0 fully saturated rings. The summed E-state index contributed by atoms with van der Waals surface area (Å²) in [5.74, 6) is -2.16. The molecule has 0 unspecified atom stereocenters. The number of carbonyl (C=O) groups is 1. The number of H-pyrrole nitrogens is 1. The SMILES string of the molecule is CC(=O)Nc1nccc(-c2c[nH]nc2-c2cccc(NS(=O)(=O)c3cc(F)ccc3F)c2)n1. The van der Waals surface area contributed by atoms with Gasteiger partial charge in [0, 0.05) is 36.1 Å². The largest absolute Gasteiger partial charge is 0.295 e. The highest BCUT2D eigenvalue weighted by molar-refractivity contribution is 7.92. The predicted molar refractivity (Wildman–Crippen MR) is 117 cm³/mol. The fourth-order valence-corrected chi connectivity index (χ4v) is 4.19. The summed E-state index contributed by atoms with van der Waals surface area (Å²) in [5, 5.41) is 9.45. The van der Waals surface area contributed by atoms with Crippen LogP contribution in [0.3, 0.4) is 0 Å². The molecule has 0 saturated carbocycles. The second-order valence-electron chi connectivity index (χ2n) is 6.86. The lowest BCUT2D eigenvalue weighted by Crippen LogP contribution is -2.15. The molecule has 0 spiro atoms. The van der Waals surface area contributed by atoms with E-state index in [2.05, 4.69) is 30.2 Å². The van der Waals surface area contributed by atoms with E-state index in [0.717, 1.165) is 12.1 Å². The lowest BCUT2D eigenvalue weighted by Gasteiger charge is -2.10. The van der Waals surface area contributed by atoms with Crippen LogP contribution >= 0.6 is 0 Å². The molecule has 168 valence electrons. The minimum atomic E-state index is -4.39. The molecule has 0 bridgehead atoms. The number of halogens is 2. The Hall–Kier alpha value is -4.19. The maximum atomic E-state index is 14.0. The van der Waals surface area contributed by atoms with Gasteiger partial charge in [0.25, 0.3) is 10.0 Å². The van der Waals surface area contributed by atoms with Crippen molar-refractivity contribution in [1.29, 1.82) is 0 Å². The summed E-state index contributed by atoms with van der Waals surface area (Å²) in [6.45, 7) is 1.33. The van der Waals surface area contributed by atoms with Crippen LogP contribution in [0.15, 0.2) is 65.8 Å². The van der Waals surface area contributed by atoms with E-state index in [1.165, 1.54) is 25.3 Å². The molecule has 1 amide bonds. The van der Waals surface area contributed by atoms with Crippen LogP contribution in [0.2, 0.25) is 0 Å². The van der Waals surface area contributed by atoms with Gasteiger partial charge >= 0.3 is 0 Å². The number of benzene rings is 2. The number of hydrogen-bond donors (Lipinski definition) is 3. The molecule has 9 nitrogen and oxygen atoms in total. The zero-order valence-electron chi connectivity index (χ0n) is 17.0. The quantitative estimate of drug-likeness (QED) is 0.395. The van der Waals surface area contributed by atoms with Crippen molar-refractivity contribution in [2.24, 2.45) is 0 Å². The molecule has 4 aromatic rings. The van der Waals surface area contributed by atoms with Gasteiger partial charge in [-0.1, -0.05) is 12.1 Å². The number of carbonyl (C=O) groups excluding carboxylic acids is 1. The normalized spacial score (nSPS) is 11.2. The van der Waals surface area contributed by atoms with Gasteiger partial charge in [-0.2, -0.15) is 5.10 Å². The van der Waals surface area contributed by atoms with Crippen LogP contribution in [0, 0.1) is 11.6 Å². The molecule has 2 aromatic heterocycles. The first-order valence-corrected chi connectivity index (χ1v) is 10.9. The standard InChI is InChI=1S/C21H16F2N6O3S/c1-12(30)26-21-24-8-7-18(27-21)16-11-25-28-20(16)13-3-2-4-15(9-13)29-33(31,32)19-10-14(22)5-6-17(19)23/h2-11,29H,1H3,(H,25,28)(H,24,26,27,30). The topological polar surface area (TPSA) is 130 Å². The number of rotatable bonds is 6. The average molecular weight is 470 g/mol. The van der Waals surface area contributed by atoms with Gasteiger partial charge < -0.3 is 0 Å². The molecule has 12 heteroatoms. The van der Waals surface area contributed by atoms with Crippen LogP contribution in [0.25, 0.3) is 22.5 Å². The Labute approximate surface area is 187 Å². The Balaban J connectivity index is 1.67. The van der Waals surface area contributed by atoms with Crippen molar-refractivity contribution in [1.82, 2.24) is 20.2 Å². The van der Waals surface area contributed by atoms with Crippen molar-refractivity contribution in [2.75, 3.05) is 10.0 Å². The predicted octanol–water partition coefficient (Wildman–Crippen LogP) is 3.57. The fourth-order valence-electron chi connectivity index (χ4n) is 3.05. The average Bonchev–Trinajstić information content (AvgIpc) is 3.25. The van der Waals surface area contributed by atoms with Crippen molar-refractivity contribution in [3.05, 3.63) is 72.6 Å². The van der Waals surface area contributed by atoms with Crippen LogP contribution < -0.4 is 10.0 Å². The first-order valence-electron chi connectivity index (χ1n) is 9.46. The summed E-state index contributed by atoms with van der Waals surface area (Å²) in [6, 6.07) is 10.0. The van der Waals surface area contributed by atoms with E-state index < -0.39 is 26.6 Å². The maximum Gasteiger partial charge on any atom is 0.264 e. The third-order valence-corrected chi connectivity index (χ3v) is 5.83. The third-order valence-electron chi connectivity index (χ3n) is 4.43. The van der Waals surface area contributed by atoms with E-state index in [9.17, 15) is 22.0 Å². The van der Waals surface area contributed by atoms with E-state index >= 15 is 0 Å². The molecular formula is C21H16F2N6O3S. The second kappa shape index (κ2) is 8.74. The molecule has 0 aliphatic heterocycles. The van der Waals surface area contributed by atoms with Crippen LogP contribution in [0.4, 0.5) is 20.4 Å². The van der Waals surface area contributed by atoms with Crippen LogP contribution in [-0.4, -0.2) is 34.5 Å². The summed E-state index contributed by atoms with van der Waals surface area (Å²) in [7, 11) is -4.39. The number of nitrogens with one attached hydrogen (secondary N) is 3. The van der Waals surface area contributed by atoms with Gasteiger partial charge in [-0.05, 0) is 36.4 Å². The molecule has 2 aromatic carbocycles. The molecule has 4 rings (SSSR count). The van der Waals surface area contributed by atoms with Crippen molar-refractivity contribution >= 4 is 27.6 Å². The zero-order valence-corrected chi connectivity index (χ0v) is 17.8. The summed E-state index contributed by atoms with van der Waals surface area (Å²) >= 11 is 0. The number of amides is 1. The molecule has 2 heterocycles. The number of aromatic nitrogens is 4. The van der Waals surface area contributed by atoms with Crippen molar-refractivity contribution in [3.8, 4) is 22.5 Å². The van der Waals surface area contributed by atoms with Gasteiger partial charge in [-0.25, -0.2) is 27.2 Å². The van der Waals surface area contributed by atoms with Gasteiger partial charge in [-0.15, -0.1) is 0 Å². The number of nitrogens with zero attached hydrogens (tertiary/aromatic N) is 3. The van der Waals surface area contributed by atoms with Gasteiger partial charge in [0.1, 0.15) is 22.2 Å². The Morgan fingerprint density at radius 3 is 2.70 bits per heavy atom. The number of anilines is 2. The maximum absolute atomic E-state index is 14.0.